The average Bonchev–Trinajstić information content (AvgIpc) is 2.68. The van der Waals surface area contributed by atoms with Gasteiger partial charge in [0.1, 0.15) is 0 Å². The Balaban J connectivity index is 0. The van der Waals surface area contributed by atoms with E-state index in [1.165, 1.54) is 71.6 Å². The fourth-order valence-electron chi connectivity index (χ4n) is 3.53. The van der Waals surface area contributed by atoms with Crippen molar-refractivity contribution in [2.24, 2.45) is 11.7 Å². The Labute approximate surface area is 167 Å². The summed E-state index contributed by atoms with van der Waals surface area (Å²) in [5, 5.41) is 0. The first-order valence-corrected chi connectivity index (χ1v) is 11.1. The Bertz CT molecular complexity index is 231. The molecule has 0 saturated carbocycles. The second-order valence-corrected chi connectivity index (χ2v) is 7.53. The standard InChI is InChI=1S/C22H47NO2.CH4/c1-5-11-21(12-6-2)24-17-9-15-20(19-23)16-10-18-25-22(13-7-3)14-8-4;/h20-22H,5-19,23H2,1-4H3;1H4/i;1D. The van der Waals surface area contributed by atoms with E-state index in [9.17, 15) is 0 Å². The SMILES string of the molecule is CCCC(CCC)OCCCC(CN)CCCOC(CCC)CCC.[2H]C. The lowest BCUT2D eigenvalue weighted by molar-refractivity contribution is 0.0326. The van der Waals surface area contributed by atoms with Crippen molar-refractivity contribution >= 4 is 0 Å². The van der Waals surface area contributed by atoms with Crippen molar-refractivity contribution in [2.45, 2.75) is 124 Å². The van der Waals surface area contributed by atoms with Gasteiger partial charge < -0.3 is 15.2 Å². The summed E-state index contributed by atoms with van der Waals surface area (Å²) in [7, 11) is 1.25. The largest absolute Gasteiger partial charge is 0.378 e. The van der Waals surface area contributed by atoms with Crippen LogP contribution in [0.2, 0.25) is 0 Å². The van der Waals surface area contributed by atoms with Crippen LogP contribution in [-0.4, -0.2) is 32.0 Å². The topological polar surface area (TPSA) is 44.5 Å². The van der Waals surface area contributed by atoms with Crippen molar-refractivity contribution in [1.29, 1.82) is 0 Å². The first kappa shape index (κ1) is 25.9. The first-order chi connectivity index (χ1) is 13.2. The maximum Gasteiger partial charge on any atom is 0.0575 e. The van der Waals surface area contributed by atoms with E-state index >= 15 is 0 Å². The van der Waals surface area contributed by atoms with E-state index in [-0.39, 0.29) is 0 Å². The number of hydrogen-bond acceptors (Lipinski definition) is 3. The predicted octanol–water partition coefficient (Wildman–Crippen LogP) is 6.73. The van der Waals surface area contributed by atoms with E-state index in [1.807, 2.05) is 0 Å². The predicted molar refractivity (Wildman–Crippen MR) is 117 cm³/mol. The number of nitrogens with two attached hydrogens (primary N) is 1. The van der Waals surface area contributed by atoms with Crippen molar-refractivity contribution < 1.29 is 10.8 Å². The smallest absolute Gasteiger partial charge is 0.0575 e. The zero-order chi connectivity index (χ0) is 20.8. The number of hydrogen-bond donors (Lipinski definition) is 1. The molecular formula is C23H51NO2. The van der Waals surface area contributed by atoms with Crippen LogP contribution in [0.3, 0.4) is 0 Å². The van der Waals surface area contributed by atoms with E-state index in [2.05, 4.69) is 27.7 Å². The lowest BCUT2D eigenvalue weighted by Gasteiger charge is -2.19. The molecule has 0 radical (unpaired) electrons. The zero-order valence-electron chi connectivity index (χ0n) is 19.7. The molecule has 0 aromatic heterocycles. The summed E-state index contributed by atoms with van der Waals surface area (Å²) < 4.78 is 17.9. The summed E-state index contributed by atoms with van der Waals surface area (Å²) in [6.45, 7) is 11.5. The lowest BCUT2D eigenvalue weighted by atomic mass is 9.98. The second kappa shape index (κ2) is 21.2. The highest BCUT2D eigenvalue weighted by Gasteiger charge is 2.11. The molecule has 0 aliphatic carbocycles. The third kappa shape index (κ3) is 16.1. The molecule has 0 aromatic carbocycles. The van der Waals surface area contributed by atoms with Gasteiger partial charge in [0.05, 0.1) is 12.2 Å². The summed E-state index contributed by atoms with van der Waals surface area (Å²) >= 11 is 0. The van der Waals surface area contributed by atoms with Gasteiger partial charge in [0.15, 0.2) is 0 Å². The monoisotopic (exact) mass is 374 g/mol. The summed E-state index contributed by atoms with van der Waals surface area (Å²) in [4.78, 5) is 0. The molecule has 3 nitrogen and oxygen atoms in total. The molecule has 160 valence electrons. The van der Waals surface area contributed by atoms with E-state index < -0.39 is 0 Å². The van der Waals surface area contributed by atoms with Crippen molar-refractivity contribution in [2.75, 3.05) is 19.8 Å². The van der Waals surface area contributed by atoms with Gasteiger partial charge in [-0.15, -0.1) is 0 Å². The van der Waals surface area contributed by atoms with Crippen molar-refractivity contribution in [1.82, 2.24) is 0 Å². The molecule has 0 aliphatic rings. The average molecular weight is 375 g/mol. The molecule has 0 aliphatic heterocycles. The third-order valence-electron chi connectivity index (χ3n) is 5.00. The summed E-state index contributed by atoms with van der Waals surface area (Å²) in [5.74, 6) is 0.624. The van der Waals surface area contributed by atoms with Crippen LogP contribution in [0.5, 0.6) is 0 Å². The van der Waals surface area contributed by atoms with Crippen LogP contribution in [0.25, 0.3) is 0 Å². The normalized spacial score (nSPS) is 11.8. The van der Waals surface area contributed by atoms with Gasteiger partial charge in [-0.1, -0.05) is 60.8 Å². The zero-order valence-corrected chi connectivity index (χ0v) is 18.7. The Morgan fingerprint density at radius 3 is 1.31 bits per heavy atom. The third-order valence-corrected chi connectivity index (χ3v) is 5.00. The van der Waals surface area contributed by atoms with E-state index in [4.69, 9.17) is 16.6 Å². The summed E-state index contributed by atoms with van der Waals surface area (Å²) in [6.07, 6.45) is 15.2. The van der Waals surface area contributed by atoms with Crippen LogP contribution in [0.15, 0.2) is 0 Å². The fraction of sp³-hybridized carbons (Fsp3) is 1.00. The van der Waals surface area contributed by atoms with Crippen molar-refractivity contribution in [3.8, 4) is 0 Å². The van der Waals surface area contributed by atoms with Crippen LogP contribution in [0.1, 0.15) is 114 Å². The number of ether oxygens (including phenoxy) is 2. The second-order valence-electron chi connectivity index (χ2n) is 7.53. The van der Waals surface area contributed by atoms with Crippen molar-refractivity contribution in [3.63, 3.8) is 0 Å². The van der Waals surface area contributed by atoms with Crippen LogP contribution >= 0.6 is 0 Å². The molecule has 0 bridgehead atoms. The molecule has 0 unspecified atom stereocenters. The van der Waals surface area contributed by atoms with Gasteiger partial charge in [-0.2, -0.15) is 0 Å². The van der Waals surface area contributed by atoms with E-state index in [1.54, 1.807) is 0 Å². The van der Waals surface area contributed by atoms with E-state index in [0.29, 0.717) is 18.1 Å². The minimum Gasteiger partial charge on any atom is -0.378 e. The summed E-state index contributed by atoms with van der Waals surface area (Å²) in [5.41, 5.74) is 5.97. The molecule has 0 fully saturated rings. The molecule has 0 atom stereocenters. The highest BCUT2D eigenvalue weighted by atomic mass is 16.5. The van der Waals surface area contributed by atoms with Crippen LogP contribution in [0.4, 0.5) is 0 Å². The van der Waals surface area contributed by atoms with Gasteiger partial charge in [-0.25, -0.2) is 0 Å². The van der Waals surface area contributed by atoms with Gasteiger partial charge in [0.25, 0.3) is 0 Å². The molecule has 26 heavy (non-hydrogen) atoms. The minimum atomic E-state index is 0.466. The molecule has 0 rings (SSSR count). The Morgan fingerprint density at radius 2 is 1.04 bits per heavy atom. The lowest BCUT2D eigenvalue weighted by Crippen LogP contribution is -2.18. The van der Waals surface area contributed by atoms with Gasteiger partial charge in [0.2, 0.25) is 0 Å². The Morgan fingerprint density at radius 1 is 0.692 bits per heavy atom. The van der Waals surface area contributed by atoms with Gasteiger partial charge in [-0.3, -0.25) is 0 Å². The Hall–Kier alpha value is -0.120. The highest BCUT2D eigenvalue weighted by Crippen LogP contribution is 2.16. The summed E-state index contributed by atoms with van der Waals surface area (Å²) in [6, 6.07) is 0. The maximum absolute atomic E-state index is 6.06. The van der Waals surface area contributed by atoms with Gasteiger partial charge >= 0.3 is 0 Å². The highest BCUT2D eigenvalue weighted by molar-refractivity contribution is 4.63. The van der Waals surface area contributed by atoms with Crippen LogP contribution in [0, 0.1) is 5.92 Å². The maximum atomic E-state index is 6.06. The molecule has 0 amide bonds. The fourth-order valence-corrected chi connectivity index (χ4v) is 3.53. The quantitative estimate of drug-likeness (QED) is 0.255. The van der Waals surface area contributed by atoms with Gasteiger partial charge in [0, 0.05) is 14.6 Å². The molecule has 3 heteroatoms. The van der Waals surface area contributed by atoms with Crippen LogP contribution in [-0.2, 0) is 9.47 Å². The molecule has 0 spiro atoms. The van der Waals surface area contributed by atoms with Gasteiger partial charge in [-0.05, 0) is 63.8 Å². The number of rotatable bonds is 19. The molecule has 0 aromatic rings. The molecule has 0 saturated heterocycles. The Kier molecular flexibility index (Phi) is 21.1. The van der Waals surface area contributed by atoms with E-state index in [0.717, 1.165) is 32.6 Å². The molecule has 0 heterocycles. The molecular weight excluding hydrogens is 322 g/mol. The first-order valence-electron chi connectivity index (χ1n) is 12.1. The molecule has 2 N–H and O–H groups in total. The van der Waals surface area contributed by atoms with Crippen molar-refractivity contribution in [3.05, 3.63) is 0 Å². The van der Waals surface area contributed by atoms with Crippen LogP contribution < -0.4 is 5.73 Å². The minimum absolute atomic E-state index is 0.466.